The van der Waals surface area contributed by atoms with E-state index in [1.165, 1.54) is 6.20 Å². The Bertz CT molecular complexity index is 637. The molecule has 0 bridgehead atoms. The fraction of sp³-hybridized carbons (Fsp3) is 0.188. The molecule has 6 nitrogen and oxygen atoms in total. The number of pyridine rings is 1. The minimum Gasteiger partial charge on any atom is -0.494 e. The van der Waals surface area contributed by atoms with Crippen molar-refractivity contribution < 1.29 is 14.6 Å². The standard InChI is InChI=1S/C16H17N3O3/c1-2-22-15-7-3-12(4-8-15)9-18-19-16(21)13-5-6-14(11-20)17-10-13/h3-10,20H,2,11H2,1H3,(H,19,21)/b18-9+. The van der Waals surface area contributed by atoms with E-state index >= 15 is 0 Å². The van der Waals surface area contributed by atoms with Crippen LogP contribution in [0, 0.1) is 0 Å². The van der Waals surface area contributed by atoms with E-state index in [9.17, 15) is 4.79 Å². The largest absolute Gasteiger partial charge is 0.494 e. The van der Waals surface area contributed by atoms with Crippen molar-refractivity contribution in [2.24, 2.45) is 5.10 Å². The van der Waals surface area contributed by atoms with E-state index in [4.69, 9.17) is 9.84 Å². The van der Waals surface area contributed by atoms with Crippen LogP contribution in [0.25, 0.3) is 0 Å². The topological polar surface area (TPSA) is 83.8 Å². The number of aromatic nitrogens is 1. The number of carbonyl (C=O) groups excluding carboxylic acids is 1. The molecule has 1 amide bonds. The third-order valence-electron chi connectivity index (χ3n) is 2.82. The predicted octanol–water partition coefficient (Wildman–Crippen LogP) is 1.74. The van der Waals surface area contributed by atoms with Gasteiger partial charge in [0, 0.05) is 6.20 Å². The lowest BCUT2D eigenvalue weighted by molar-refractivity contribution is 0.0954. The van der Waals surface area contributed by atoms with Crippen molar-refractivity contribution in [2.45, 2.75) is 13.5 Å². The summed E-state index contributed by atoms with van der Waals surface area (Å²) in [6, 6.07) is 10.5. The molecule has 0 spiro atoms. The average Bonchev–Trinajstić information content (AvgIpc) is 2.56. The summed E-state index contributed by atoms with van der Waals surface area (Å²) in [7, 11) is 0. The normalized spacial score (nSPS) is 10.6. The van der Waals surface area contributed by atoms with Crippen molar-refractivity contribution in [1.82, 2.24) is 10.4 Å². The van der Waals surface area contributed by atoms with Gasteiger partial charge in [-0.3, -0.25) is 9.78 Å². The summed E-state index contributed by atoms with van der Waals surface area (Å²) in [6.07, 6.45) is 2.94. The number of hydrogen-bond acceptors (Lipinski definition) is 5. The number of rotatable bonds is 6. The van der Waals surface area contributed by atoms with Crippen LogP contribution in [0.3, 0.4) is 0 Å². The first-order valence-corrected chi connectivity index (χ1v) is 6.85. The molecule has 0 saturated heterocycles. The summed E-state index contributed by atoms with van der Waals surface area (Å²) < 4.78 is 5.34. The van der Waals surface area contributed by atoms with E-state index < -0.39 is 0 Å². The van der Waals surface area contributed by atoms with E-state index in [0.717, 1.165) is 11.3 Å². The molecular weight excluding hydrogens is 282 g/mol. The number of nitrogens with one attached hydrogen (secondary N) is 1. The third kappa shape index (κ3) is 4.39. The Hall–Kier alpha value is -2.73. The summed E-state index contributed by atoms with van der Waals surface area (Å²) in [5, 5.41) is 12.8. The molecule has 114 valence electrons. The predicted molar refractivity (Wildman–Crippen MR) is 82.8 cm³/mol. The summed E-state index contributed by atoms with van der Waals surface area (Å²) >= 11 is 0. The zero-order valence-electron chi connectivity index (χ0n) is 12.2. The van der Waals surface area contributed by atoms with Gasteiger partial charge in [0.2, 0.25) is 0 Å². The van der Waals surface area contributed by atoms with Gasteiger partial charge in [0.1, 0.15) is 5.75 Å². The van der Waals surface area contributed by atoms with Crippen molar-refractivity contribution in [1.29, 1.82) is 0 Å². The van der Waals surface area contributed by atoms with Crippen LogP contribution in [0.5, 0.6) is 5.75 Å². The van der Waals surface area contributed by atoms with E-state index in [2.05, 4.69) is 15.5 Å². The lowest BCUT2D eigenvalue weighted by Gasteiger charge is -2.02. The number of hydrogen-bond donors (Lipinski definition) is 2. The van der Waals surface area contributed by atoms with E-state index in [1.54, 1.807) is 18.3 Å². The molecule has 1 aromatic heterocycles. The number of benzene rings is 1. The molecule has 22 heavy (non-hydrogen) atoms. The molecule has 0 radical (unpaired) electrons. The highest BCUT2D eigenvalue weighted by Gasteiger charge is 2.04. The molecular formula is C16H17N3O3. The van der Waals surface area contributed by atoms with Gasteiger partial charge in [-0.1, -0.05) is 0 Å². The maximum atomic E-state index is 11.8. The first kappa shape index (κ1) is 15.7. The first-order chi connectivity index (χ1) is 10.7. The Labute approximate surface area is 128 Å². The van der Waals surface area contributed by atoms with E-state index in [0.29, 0.717) is 17.9 Å². The molecule has 0 aliphatic heterocycles. The van der Waals surface area contributed by atoms with Gasteiger partial charge < -0.3 is 9.84 Å². The smallest absolute Gasteiger partial charge is 0.272 e. The van der Waals surface area contributed by atoms with Crippen molar-refractivity contribution in [3.63, 3.8) is 0 Å². The molecule has 0 aliphatic rings. The van der Waals surface area contributed by atoms with Gasteiger partial charge in [-0.25, -0.2) is 5.43 Å². The molecule has 2 aromatic rings. The van der Waals surface area contributed by atoms with Gasteiger partial charge in [0.15, 0.2) is 0 Å². The van der Waals surface area contributed by atoms with Crippen LogP contribution in [-0.4, -0.2) is 28.8 Å². The van der Waals surface area contributed by atoms with Gasteiger partial charge in [-0.15, -0.1) is 0 Å². The Morgan fingerprint density at radius 1 is 1.32 bits per heavy atom. The number of hydrazone groups is 1. The number of aliphatic hydroxyl groups excluding tert-OH is 1. The molecule has 1 aromatic carbocycles. The SMILES string of the molecule is CCOc1ccc(/C=N/NC(=O)c2ccc(CO)nc2)cc1. The number of nitrogens with zero attached hydrogens (tertiary/aromatic N) is 2. The highest BCUT2D eigenvalue weighted by molar-refractivity contribution is 5.94. The fourth-order valence-corrected chi connectivity index (χ4v) is 1.70. The van der Waals surface area contributed by atoms with Gasteiger partial charge in [-0.05, 0) is 48.9 Å². The summed E-state index contributed by atoms with van der Waals surface area (Å²) in [4.78, 5) is 15.8. The number of aliphatic hydroxyl groups is 1. The molecule has 6 heteroatoms. The quantitative estimate of drug-likeness (QED) is 0.628. The second-order valence-electron chi connectivity index (χ2n) is 4.40. The van der Waals surface area contributed by atoms with Crippen LogP contribution in [-0.2, 0) is 6.61 Å². The Kier molecular flexibility index (Phi) is 5.62. The lowest BCUT2D eigenvalue weighted by Crippen LogP contribution is -2.17. The second-order valence-corrected chi connectivity index (χ2v) is 4.40. The second kappa shape index (κ2) is 7.90. The van der Waals surface area contributed by atoms with Crippen LogP contribution in [0.4, 0.5) is 0 Å². The lowest BCUT2D eigenvalue weighted by atomic mass is 10.2. The first-order valence-electron chi connectivity index (χ1n) is 6.85. The van der Waals surface area contributed by atoms with Gasteiger partial charge in [0.05, 0.1) is 30.7 Å². The van der Waals surface area contributed by atoms with Crippen molar-refractivity contribution in [3.8, 4) is 5.75 Å². The Balaban J connectivity index is 1.91. The van der Waals surface area contributed by atoms with E-state index in [-0.39, 0.29) is 12.5 Å². The maximum Gasteiger partial charge on any atom is 0.272 e. The minimum atomic E-state index is -0.362. The van der Waals surface area contributed by atoms with Crippen LogP contribution in [0.2, 0.25) is 0 Å². The Morgan fingerprint density at radius 2 is 2.09 bits per heavy atom. The zero-order valence-corrected chi connectivity index (χ0v) is 12.2. The highest BCUT2D eigenvalue weighted by Crippen LogP contribution is 2.10. The van der Waals surface area contributed by atoms with Gasteiger partial charge in [-0.2, -0.15) is 5.10 Å². The van der Waals surface area contributed by atoms with Crippen molar-refractivity contribution >= 4 is 12.1 Å². The zero-order chi connectivity index (χ0) is 15.8. The highest BCUT2D eigenvalue weighted by atomic mass is 16.5. The number of ether oxygens (including phenoxy) is 1. The fourth-order valence-electron chi connectivity index (χ4n) is 1.70. The molecule has 0 aliphatic carbocycles. The summed E-state index contributed by atoms with van der Waals surface area (Å²) in [6.45, 7) is 2.39. The average molecular weight is 299 g/mol. The Morgan fingerprint density at radius 3 is 2.68 bits per heavy atom. The van der Waals surface area contributed by atoms with Crippen molar-refractivity contribution in [2.75, 3.05) is 6.61 Å². The van der Waals surface area contributed by atoms with E-state index in [1.807, 2.05) is 31.2 Å². The molecule has 0 atom stereocenters. The molecule has 0 saturated carbocycles. The number of amides is 1. The monoisotopic (exact) mass is 299 g/mol. The van der Waals surface area contributed by atoms with Crippen molar-refractivity contribution in [3.05, 3.63) is 59.4 Å². The van der Waals surface area contributed by atoms with Crippen LogP contribution >= 0.6 is 0 Å². The summed E-state index contributed by atoms with van der Waals surface area (Å²) in [5.41, 5.74) is 4.15. The van der Waals surface area contributed by atoms with Crippen LogP contribution < -0.4 is 10.2 Å². The van der Waals surface area contributed by atoms with Gasteiger partial charge >= 0.3 is 0 Å². The molecule has 0 unspecified atom stereocenters. The molecule has 0 fully saturated rings. The minimum absolute atomic E-state index is 0.155. The molecule has 1 heterocycles. The maximum absolute atomic E-state index is 11.8. The van der Waals surface area contributed by atoms with Gasteiger partial charge in [0.25, 0.3) is 5.91 Å². The number of carbonyl (C=O) groups is 1. The van der Waals surface area contributed by atoms with Crippen LogP contribution in [0.15, 0.2) is 47.7 Å². The molecule has 2 rings (SSSR count). The van der Waals surface area contributed by atoms with Crippen LogP contribution in [0.1, 0.15) is 28.5 Å². The molecule has 2 N–H and O–H groups in total. The third-order valence-corrected chi connectivity index (χ3v) is 2.82. The summed E-state index contributed by atoms with van der Waals surface area (Å²) in [5.74, 6) is 0.429.